The van der Waals surface area contributed by atoms with Crippen LogP contribution in [-0.4, -0.2) is 17.0 Å². The summed E-state index contributed by atoms with van der Waals surface area (Å²) in [4.78, 5) is 23.2. The van der Waals surface area contributed by atoms with Crippen LogP contribution in [0.3, 0.4) is 0 Å². The summed E-state index contributed by atoms with van der Waals surface area (Å²) < 4.78 is 0.885. The number of anilines is 1. The average Bonchev–Trinajstić information content (AvgIpc) is 2.40. The lowest BCUT2D eigenvalue weighted by molar-refractivity contribution is 0.0696. The third kappa shape index (κ3) is 3.62. The second-order valence-electron chi connectivity index (χ2n) is 4.41. The van der Waals surface area contributed by atoms with Gasteiger partial charge in [0, 0.05) is 15.7 Å². The SMILES string of the molecule is Cc1cc(Br)ccc1C(=O)Nc1ccc(Cl)c(C(=O)O)c1. The molecule has 0 aliphatic rings. The van der Waals surface area contributed by atoms with Gasteiger partial charge in [0.1, 0.15) is 0 Å². The van der Waals surface area contributed by atoms with Crippen LogP contribution in [0.1, 0.15) is 26.3 Å². The number of carboxylic acids is 1. The second-order valence-corrected chi connectivity index (χ2v) is 5.74. The Labute approximate surface area is 134 Å². The first-order valence-corrected chi connectivity index (χ1v) is 7.16. The molecule has 4 nitrogen and oxygen atoms in total. The Hall–Kier alpha value is -1.85. The van der Waals surface area contributed by atoms with Gasteiger partial charge in [0.25, 0.3) is 5.91 Å². The van der Waals surface area contributed by atoms with E-state index in [1.54, 1.807) is 18.2 Å². The third-order valence-corrected chi connectivity index (χ3v) is 3.71. The summed E-state index contributed by atoms with van der Waals surface area (Å²) in [5, 5.41) is 11.8. The normalized spacial score (nSPS) is 10.2. The molecule has 0 heterocycles. The molecule has 0 unspecified atom stereocenters. The maximum atomic E-state index is 12.2. The first-order chi connectivity index (χ1) is 9.88. The van der Waals surface area contributed by atoms with E-state index in [-0.39, 0.29) is 16.5 Å². The number of aryl methyl sites for hydroxylation is 1. The van der Waals surface area contributed by atoms with E-state index in [4.69, 9.17) is 16.7 Å². The van der Waals surface area contributed by atoms with Gasteiger partial charge in [-0.05, 0) is 48.9 Å². The van der Waals surface area contributed by atoms with Gasteiger partial charge in [-0.1, -0.05) is 27.5 Å². The maximum absolute atomic E-state index is 12.2. The summed E-state index contributed by atoms with van der Waals surface area (Å²) in [6.07, 6.45) is 0. The van der Waals surface area contributed by atoms with E-state index < -0.39 is 5.97 Å². The van der Waals surface area contributed by atoms with Crippen molar-refractivity contribution in [2.75, 3.05) is 5.32 Å². The van der Waals surface area contributed by atoms with E-state index in [1.807, 2.05) is 13.0 Å². The van der Waals surface area contributed by atoms with Crippen molar-refractivity contribution in [2.45, 2.75) is 6.92 Å². The summed E-state index contributed by atoms with van der Waals surface area (Å²) in [6, 6.07) is 9.63. The monoisotopic (exact) mass is 367 g/mol. The highest BCUT2D eigenvalue weighted by atomic mass is 79.9. The highest BCUT2D eigenvalue weighted by Gasteiger charge is 2.13. The van der Waals surface area contributed by atoms with Crippen LogP contribution in [0.5, 0.6) is 0 Å². The van der Waals surface area contributed by atoms with E-state index >= 15 is 0 Å². The minimum Gasteiger partial charge on any atom is -0.478 e. The van der Waals surface area contributed by atoms with Crippen LogP contribution in [0.2, 0.25) is 5.02 Å². The Morgan fingerprint density at radius 3 is 2.48 bits per heavy atom. The summed E-state index contributed by atoms with van der Waals surface area (Å²) in [5.74, 6) is -1.45. The molecule has 0 saturated heterocycles. The fourth-order valence-electron chi connectivity index (χ4n) is 1.85. The highest BCUT2D eigenvalue weighted by molar-refractivity contribution is 9.10. The zero-order chi connectivity index (χ0) is 15.6. The Kier molecular flexibility index (Phi) is 4.65. The molecule has 0 atom stereocenters. The number of carbonyl (C=O) groups excluding carboxylic acids is 1. The number of aromatic carboxylic acids is 1. The van der Waals surface area contributed by atoms with E-state index in [0.29, 0.717) is 11.3 Å². The number of carbonyl (C=O) groups is 2. The number of rotatable bonds is 3. The van der Waals surface area contributed by atoms with Crippen LogP contribution in [0.25, 0.3) is 0 Å². The molecule has 2 rings (SSSR count). The molecular weight excluding hydrogens is 358 g/mol. The maximum Gasteiger partial charge on any atom is 0.337 e. The van der Waals surface area contributed by atoms with Crippen molar-refractivity contribution in [3.63, 3.8) is 0 Å². The van der Waals surface area contributed by atoms with E-state index in [1.165, 1.54) is 12.1 Å². The van der Waals surface area contributed by atoms with Crippen LogP contribution >= 0.6 is 27.5 Å². The molecule has 0 aliphatic heterocycles. The standard InChI is InChI=1S/C15H11BrClNO3/c1-8-6-9(16)2-4-11(8)14(19)18-10-3-5-13(17)12(7-10)15(20)21/h2-7H,1H3,(H,18,19)(H,20,21). The summed E-state index contributed by atoms with van der Waals surface area (Å²) in [7, 11) is 0. The van der Waals surface area contributed by atoms with E-state index in [2.05, 4.69) is 21.2 Å². The predicted molar refractivity (Wildman–Crippen MR) is 85.2 cm³/mol. The lowest BCUT2D eigenvalue weighted by atomic mass is 10.1. The molecule has 1 amide bonds. The van der Waals surface area contributed by atoms with Gasteiger partial charge >= 0.3 is 5.97 Å². The molecule has 2 aromatic rings. The minimum absolute atomic E-state index is 0.0537. The molecule has 0 radical (unpaired) electrons. The topological polar surface area (TPSA) is 66.4 Å². The van der Waals surface area contributed by atoms with Gasteiger partial charge in [-0.2, -0.15) is 0 Å². The van der Waals surface area contributed by atoms with Crippen molar-refractivity contribution in [3.8, 4) is 0 Å². The first-order valence-electron chi connectivity index (χ1n) is 5.99. The van der Waals surface area contributed by atoms with Crippen molar-refractivity contribution in [1.29, 1.82) is 0 Å². The molecule has 0 saturated carbocycles. The minimum atomic E-state index is -1.14. The molecule has 0 aromatic heterocycles. The quantitative estimate of drug-likeness (QED) is 0.846. The number of amides is 1. The molecule has 21 heavy (non-hydrogen) atoms. The van der Waals surface area contributed by atoms with Gasteiger partial charge in [-0.3, -0.25) is 4.79 Å². The lowest BCUT2D eigenvalue weighted by Crippen LogP contribution is -2.14. The number of benzene rings is 2. The van der Waals surface area contributed by atoms with Crippen LogP contribution in [0.4, 0.5) is 5.69 Å². The fourth-order valence-corrected chi connectivity index (χ4v) is 2.52. The number of hydrogen-bond acceptors (Lipinski definition) is 2. The van der Waals surface area contributed by atoms with E-state index in [0.717, 1.165) is 10.0 Å². The first kappa shape index (κ1) is 15.5. The van der Waals surface area contributed by atoms with Crippen LogP contribution < -0.4 is 5.32 Å². The zero-order valence-corrected chi connectivity index (χ0v) is 13.3. The molecule has 2 aromatic carbocycles. The van der Waals surface area contributed by atoms with Gasteiger partial charge in [0.15, 0.2) is 0 Å². The molecule has 6 heteroatoms. The van der Waals surface area contributed by atoms with Gasteiger partial charge in [-0.25, -0.2) is 4.79 Å². The van der Waals surface area contributed by atoms with Crippen molar-refractivity contribution < 1.29 is 14.7 Å². The predicted octanol–water partition coefficient (Wildman–Crippen LogP) is 4.36. The number of halogens is 2. The Morgan fingerprint density at radius 1 is 1.14 bits per heavy atom. The van der Waals surface area contributed by atoms with Gasteiger partial charge in [0.2, 0.25) is 0 Å². The smallest absolute Gasteiger partial charge is 0.337 e. The van der Waals surface area contributed by atoms with Crippen molar-refractivity contribution in [1.82, 2.24) is 0 Å². The van der Waals surface area contributed by atoms with Crippen LogP contribution in [0.15, 0.2) is 40.9 Å². The van der Waals surface area contributed by atoms with Gasteiger partial charge in [0.05, 0.1) is 10.6 Å². The molecule has 108 valence electrons. The van der Waals surface area contributed by atoms with Crippen molar-refractivity contribution in [3.05, 3.63) is 62.6 Å². The molecule has 0 aliphatic carbocycles. The van der Waals surface area contributed by atoms with Gasteiger partial charge in [-0.15, -0.1) is 0 Å². The summed E-state index contributed by atoms with van der Waals surface area (Å²) in [6.45, 7) is 1.82. The molecular formula is C15H11BrClNO3. The molecule has 0 fully saturated rings. The summed E-state index contributed by atoms with van der Waals surface area (Å²) in [5.41, 5.74) is 1.66. The Balaban J connectivity index is 2.27. The van der Waals surface area contributed by atoms with E-state index in [9.17, 15) is 9.59 Å². The molecule has 0 bridgehead atoms. The Bertz CT molecular complexity index is 731. The lowest BCUT2D eigenvalue weighted by Gasteiger charge is -2.09. The highest BCUT2D eigenvalue weighted by Crippen LogP contribution is 2.22. The largest absolute Gasteiger partial charge is 0.478 e. The number of carboxylic acid groups (broad SMARTS) is 1. The third-order valence-electron chi connectivity index (χ3n) is 2.89. The average molecular weight is 369 g/mol. The van der Waals surface area contributed by atoms with Gasteiger partial charge < -0.3 is 10.4 Å². The van der Waals surface area contributed by atoms with Crippen molar-refractivity contribution >= 4 is 45.1 Å². The number of nitrogens with one attached hydrogen (secondary N) is 1. The zero-order valence-electron chi connectivity index (χ0n) is 11.0. The second kappa shape index (κ2) is 6.28. The Morgan fingerprint density at radius 2 is 1.86 bits per heavy atom. The van der Waals surface area contributed by atoms with Crippen molar-refractivity contribution in [2.24, 2.45) is 0 Å². The number of hydrogen-bond donors (Lipinski definition) is 2. The molecule has 0 spiro atoms. The fraction of sp³-hybridized carbons (Fsp3) is 0.0667. The summed E-state index contributed by atoms with van der Waals surface area (Å²) >= 11 is 9.12. The molecule has 2 N–H and O–H groups in total. The van der Waals surface area contributed by atoms with Crippen LogP contribution in [0, 0.1) is 6.92 Å². The van der Waals surface area contributed by atoms with Crippen LogP contribution in [-0.2, 0) is 0 Å².